The Balaban J connectivity index is 3.07. The average Bonchev–Trinajstić information content (AvgIpc) is 2.47. The molecule has 0 saturated carbocycles. The van der Waals surface area contributed by atoms with Crippen LogP contribution in [-0.4, -0.2) is 31.6 Å². The van der Waals surface area contributed by atoms with Crippen LogP contribution in [0.2, 0.25) is 0 Å². The number of carbonyl (C=O) groups is 1. The SMILES string of the molecule is CCOC(=O)C(Nc1ccc(C)cc1)P(=O)(OCC)OCC. The van der Waals surface area contributed by atoms with Crippen LogP contribution in [0.3, 0.4) is 0 Å². The summed E-state index contributed by atoms with van der Waals surface area (Å²) in [6.07, 6.45) is 0. The Morgan fingerprint density at radius 3 is 2.09 bits per heavy atom. The standard InChI is InChI=1S/C15H24NO5P/c1-5-19-15(17)14(22(18,20-6-2)21-7-3)16-13-10-8-12(4)9-11-13/h8-11,14,16H,5-7H2,1-4H3. The molecule has 0 heterocycles. The van der Waals surface area contributed by atoms with Crippen LogP contribution in [0.25, 0.3) is 0 Å². The first kappa shape index (κ1) is 18.7. The predicted molar refractivity (Wildman–Crippen MR) is 86.1 cm³/mol. The Morgan fingerprint density at radius 2 is 1.64 bits per heavy atom. The van der Waals surface area contributed by atoms with Gasteiger partial charge in [-0.25, -0.2) is 4.79 Å². The first-order valence-corrected chi connectivity index (χ1v) is 8.96. The molecular weight excluding hydrogens is 305 g/mol. The highest BCUT2D eigenvalue weighted by Crippen LogP contribution is 2.53. The zero-order valence-corrected chi connectivity index (χ0v) is 14.4. The molecule has 22 heavy (non-hydrogen) atoms. The molecule has 7 heteroatoms. The molecule has 124 valence electrons. The topological polar surface area (TPSA) is 73.9 Å². The minimum absolute atomic E-state index is 0.169. The number of ether oxygens (including phenoxy) is 1. The molecule has 0 bridgehead atoms. The maximum Gasteiger partial charge on any atom is 0.364 e. The second kappa shape index (κ2) is 8.93. The van der Waals surface area contributed by atoms with E-state index in [0.29, 0.717) is 5.69 Å². The number of nitrogens with one attached hydrogen (secondary N) is 1. The van der Waals surface area contributed by atoms with E-state index in [1.165, 1.54) is 0 Å². The number of hydrogen-bond donors (Lipinski definition) is 1. The third-order valence-corrected chi connectivity index (χ3v) is 5.01. The molecule has 1 aromatic carbocycles. The van der Waals surface area contributed by atoms with Crippen molar-refractivity contribution in [2.75, 3.05) is 25.1 Å². The molecule has 0 spiro atoms. The fourth-order valence-electron chi connectivity index (χ4n) is 1.84. The summed E-state index contributed by atoms with van der Waals surface area (Å²) in [5.41, 5.74) is 1.72. The van der Waals surface area contributed by atoms with Gasteiger partial charge in [0.1, 0.15) is 0 Å². The van der Waals surface area contributed by atoms with Crippen molar-refractivity contribution in [1.82, 2.24) is 0 Å². The highest BCUT2D eigenvalue weighted by molar-refractivity contribution is 7.55. The Labute approximate surface area is 131 Å². The predicted octanol–water partition coefficient (Wildman–Crippen LogP) is 3.56. The summed E-state index contributed by atoms with van der Waals surface area (Å²) in [5, 5.41) is 2.91. The molecule has 1 N–H and O–H groups in total. The molecule has 0 radical (unpaired) electrons. The maximum atomic E-state index is 12.9. The lowest BCUT2D eigenvalue weighted by molar-refractivity contribution is -0.142. The third-order valence-electron chi connectivity index (χ3n) is 2.80. The van der Waals surface area contributed by atoms with Gasteiger partial charge in [-0.2, -0.15) is 0 Å². The number of rotatable bonds is 9. The number of hydrogen-bond acceptors (Lipinski definition) is 6. The first-order chi connectivity index (χ1) is 10.5. The number of anilines is 1. The Hall–Kier alpha value is -1.36. The van der Waals surface area contributed by atoms with E-state index in [2.05, 4.69) is 5.32 Å². The Morgan fingerprint density at radius 1 is 1.09 bits per heavy atom. The Kier molecular flexibility index (Phi) is 7.59. The second-order valence-corrected chi connectivity index (χ2v) is 6.65. The molecule has 1 unspecified atom stereocenters. The Bertz CT molecular complexity index is 507. The monoisotopic (exact) mass is 329 g/mol. The zero-order valence-electron chi connectivity index (χ0n) is 13.5. The van der Waals surface area contributed by atoms with Crippen LogP contribution in [-0.2, 0) is 23.1 Å². The first-order valence-electron chi connectivity index (χ1n) is 7.35. The molecule has 0 amide bonds. The van der Waals surface area contributed by atoms with Crippen LogP contribution >= 0.6 is 7.60 Å². The van der Waals surface area contributed by atoms with Gasteiger partial charge in [0.05, 0.1) is 19.8 Å². The van der Waals surface area contributed by atoms with Gasteiger partial charge in [0, 0.05) is 5.69 Å². The van der Waals surface area contributed by atoms with Crippen molar-refractivity contribution in [2.45, 2.75) is 33.5 Å². The summed E-state index contributed by atoms with van der Waals surface area (Å²) in [4.78, 5) is 12.2. The van der Waals surface area contributed by atoms with Crippen molar-refractivity contribution in [3.8, 4) is 0 Å². The summed E-state index contributed by atoms with van der Waals surface area (Å²) >= 11 is 0. The van der Waals surface area contributed by atoms with E-state index in [0.717, 1.165) is 5.56 Å². The minimum atomic E-state index is -3.68. The van der Waals surface area contributed by atoms with Gasteiger partial charge in [-0.3, -0.25) is 4.57 Å². The molecule has 0 aromatic heterocycles. The largest absolute Gasteiger partial charge is 0.464 e. The molecule has 0 aliphatic heterocycles. The smallest absolute Gasteiger partial charge is 0.364 e. The highest BCUT2D eigenvalue weighted by atomic mass is 31.2. The molecular formula is C15H24NO5P. The summed E-state index contributed by atoms with van der Waals surface area (Å²) in [6.45, 7) is 7.55. The average molecular weight is 329 g/mol. The summed E-state index contributed by atoms with van der Waals surface area (Å²) in [7, 11) is -3.68. The quantitative estimate of drug-likeness (QED) is 0.551. The van der Waals surface area contributed by atoms with Gasteiger partial charge in [-0.1, -0.05) is 17.7 Å². The van der Waals surface area contributed by atoms with Crippen LogP contribution in [0.1, 0.15) is 26.3 Å². The van der Waals surface area contributed by atoms with E-state index in [1.807, 2.05) is 19.1 Å². The van der Waals surface area contributed by atoms with E-state index < -0.39 is 19.3 Å². The van der Waals surface area contributed by atoms with Crippen molar-refractivity contribution in [3.05, 3.63) is 29.8 Å². The van der Waals surface area contributed by atoms with Gasteiger partial charge in [0.15, 0.2) is 0 Å². The minimum Gasteiger partial charge on any atom is -0.464 e. The molecule has 1 rings (SSSR count). The number of aryl methyl sites for hydroxylation is 1. The van der Waals surface area contributed by atoms with Crippen LogP contribution in [0.5, 0.6) is 0 Å². The number of benzene rings is 1. The highest BCUT2D eigenvalue weighted by Gasteiger charge is 2.42. The molecule has 0 aliphatic carbocycles. The van der Waals surface area contributed by atoms with E-state index >= 15 is 0 Å². The lowest BCUT2D eigenvalue weighted by atomic mass is 10.2. The van der Waals surface area contributed by atoms with Crippen LogP contribution < -0.4 is 5.32 Å². The van der Waals surface area contributed by atoms with Crippen LogP contribution in [0, 0.1) is 6.92 Å². The van der Waals surface area contributed by atoms with Gasteiger partial charge >= 0.3 is 13.6 Å². The van der Waals surface area contributed by atoms with Gasteiger partial charge in [-0.05, 0) is 39.8 Å². The van der Waals surface area contributed by atoms with Gasteiger partial charge in [0.25, 0.3) is 0 Å². The fourth-order valence-corrected chi connectivity index (χ4v) is 3.57. The second-order valence-electron chi connectivity index (χ2n) is 4.54. The van der Waals surface area contributed by atoms with E-state index in [1.54, 1.807) is 32.9 Å². The summed E-state index contributed by atoms with van der Waals surface area (Å²) < 4.78 is 28.4. The molecule has 6 nitrogen and oxygen atoms in total. The van der Waals surface area contributed by atoms with Gasteiger partial charge in [-0.15, -0.1) is 0 Å². The van der Waals surface area contributed by atoms with E-state index in [9.17, 15) is 9.36 Å². The van der Waals surface area contributed by atoms with Crippen molar-refractivity contribution in [1.29, 1.82) is 0 Å². The van der Waals surface area contributed by atoms with Crippen molar-refractivity contribution in [2.24, 2.45) is 0 Å². The molecule has 1 aromatic rings. The molecule has 1 atom stereocenters. The summed E-state index contributed by atoms with van der Waals surface area (Å²) in [6, 6.07) is 7.36. The van der Waals surface area contributed by atoms with Crippen LogP contribution in [0.15, 0.2) is 24.3 Å². The molecule has 0 aliphatic rings. The lowest BCUT2D eigenvalue weighted by Crippen LogP contribution is -2.33. The zero-order chi connectivity index (χ0) is 16.6. The van der Waals surface area contributed by atoms with Crippen LogP contribution in [0.4, 0.5) is 5.69 Å². The van der Waals surface area contributed by atoms with Gasteiger partial charge < -0.3 is 19.1 Å². The third kappa shape index (κ3) is 5.13. The lowest BCUT2D eigenvalue weighted by Gasteiger charge is -2.26. The maximum absolute atomic E-state index is 12.9. The van der Waals surface area contributed by atoms with Crippen molar-refractivity contribution >= 4 is 19.3 Å². The van der Waals surface area contributed by atoms with Gasteiger partial charge in [0.2, 0.25) is 5.78 Å². The molecule has 0 saturated heterocycles. The van der Waals surface area contributed by atoms with E-state index in [4.69, 9.17) is 13.8 Å². The fraction of sp³-hybridized carbons (Fsp3) is 0.533. The number of esters is 1. The van der Waals surface area contributed by atoms with Crippen molar-refractivity contribution < 1.29 is 23.1 Å². The van der Waals surface area contributed by atoms with E-state index in [-0.39, 0.29) is 19.8 Å². The normalized spacial score (nSPS) is 12.7. The number of carbonyl (C=O) groups excluding carboxylic acids is 1. The van der Waals surface area contributed by atoms with Crippen molar-refractivity contribution in [3.63, 3.8) is 0 Å². The summed E-state index contributed by atoms with van der Waals surface area (Å²) in [5.74, 6) is -1.86. The molecule has 0 fully saturated rings.